The molecule has 0 saturated carbocycles. The van der Waals surface area contributed by atoms with E-state index in [1.165, 1.54) is 0 Å². The van der Waals surface area contributed by atoms with E-state index in [1.54, 1.807) is 20.8 Å². The van der Waals surface area contributed by atoms with Crippen molar-refractivity contribution in [1.29, 1.82) is 0 Å². The summed E-state index contributed by atoms with van der Waals surface area (Å²) in [5, 5.41) is 19.2. The minimum Gasteiger partial charge on any atom is -0.481 e. The highest BCUT2D eigenvalue weighted by Gasteiger charge is 2.33. The molecule has 2 aliphatic rings. The van der Waals surface area contributed by atoms with Gasteiger partial charge in [0.25, 0.3) is 0 Å². The van der Waals surface area contributed by atoms with Gasteiger partial charge in [0.05, 0.1) is 11.3 Å². The van der Waals surface area contributed by atoms with Crippen molar-refractivity contribution in [1.82, 2.24) is 0 Å². The highest BCUT2D eigenvalue weighted by atomic mass is 32.2. The number of aliphatic carboxylic acids is 2. The Morgan fingerprint density at radius 2 is 1.20 bits per heavy atom. The number of hydrogen-bond donors (Lipinski definition) is 2. The lowest BCUT2D eigenvalue weighted by atomic mass is 9.87. The van der Waals surface area contributed by atoms with Crippen molar-refractivity contribution in [2.24, 2.45) is 11.3 Å². The van der Waals surface area contributed by atoms with Crippen molar-refractivity contribution < 1.29 is 28.2 Å². The molecule has 2 N–H and O–H groups in total. The Hall–Kier alpha value is -0.760. The van der Waals surface area contributed by atoms with Gasteiger partial charge in [0, 0.05) is 42.6 Å². The van der Waals surface area contributed by atoms with Crippen LogP contribution in [0.4, 0.5) is 0 Å². The van der Waals surface area contributed by atoms with Crippen molar-refractivity contribution in [3.05, 3.63) is 0 Å². The summed E-state index contributed by atoms with van der Waals surface area (Å²) in [5.41, 5.74) is -0.696. The molecule has 6 nitrogen and oxygen atoms in total. The van der Waals surface area contributed by atoms with Crippen LogP contribution in [0.3, 0.4) is 0 Å². The molecule has 204 valence electrons. The van der Waals surface area contributed by atoms with Gasteiger partial charge in [0.15, 0.2) is 0 Å². The second-order valence-corrected chi connectivity index (χ2v) is 15.5. The van der Waals surface area contributed by atoms with Crippen LogP contribution in [0.5, 0.6) is 0 Å². The molecule has 2 aliphatic heterocycles. The largest absolute Gasteiger partial charge is 0.481 e. The van der Waals surface area contributed by atoms with Gasteiger partial charge >= 0.3 is 11.9 Å². The quantitative estimate of drug-likeness (QED) is 0.248. The van der Waals surface area contributed by atoms with E-state index in [0.717, 1.165) is 89.9 Å². The average Bonchev–Trinajstić information content (AvgIpc) is 2.80. The Kier molecular flexibility index (Phi) is 12.9. The molecule has 0 radical (unpaired) electrons. The molecule has 7 atom stereocenters. The number of carbonyl (C=O) groups is 2. The van der Waals surface area contributed by atoms with Crippen molar-refractivity contribution in [2.45, 2.75) is 145 Å². The molecule has 2 rings (SSSR count). The minimum absolute atomic E-state index is 0.207. The van der Waals surface area contributed by atoms with Crippen LogP contribution in [-0.2, 0) is 31.2 Å². The predicted molar refractivity (Wildman–Crippen MR) is 144 cm³/mol. The number of carboxylic acid groups (broad SMARTS) is 2. The van der Waals surface area contributed by atoms with E-state index >= 15 is 0 Å². The number of hydrogen-bond acceptors (Lipinski definition) is 4. The lowest BCUT2D eigenvalue weighted by molar-refractivity contribution is -0.147. The third-order valence-electron chi connectivity index (χ3n) is 8.22. The first-order valence-corrected chi connectivity index (χ1v) is 16.3. The topological polar surface area (TPSA) is 109 Å². The van der Waals surface area contributed by atoms with Gasteiger partial charge < -0.3 is 10.2 Å². The van der Waals surface area contributed by atoms with Gasteiger partial charge in [0.2, 0.25) is 0 Å². The van der Waals surface area contributed by atoms with E-state index in [2.05, 4.69) is 0 Å². The first-order valence-electron chi connectivity index (χ1n) is 13.8. The maximum atomic E-state index is 13.2. The van der Waals surface area contributed by atoms with E-state index in [0.29, 0.717) is 12.8 Å². The van der Waals surface area contributed by atoms with Crippen LogP contribution in [0, 0.1) is 11.3 Å². The van der Waals surface area contributed by atoms with Crippen LogP contribution in [0.15, 0.2) is 0 Å². The SMILES string of the molecule is CC(CCCCC1CCCC(CCC2CCCC(CCCCC(C)(C)C(=O)O)S2=O)S1=O)C(=O)O. The Labute approximate surface area is 217 Å². The molecule has 0 bridgehead atoms. The van der Waals surface area contributed by atoms with Gasteiger partial charge in [-0.1, -0.05) is 45.4 Å². The molecule has 8 heteroatoms. The van der Waals surface area contributed by atoms with Crippen molar-refractivity contribution in [3.8, 4) is 0 Å². The van der Waals surface area contributed by atoms with Crippen LogP contribution >= 0.6 is 0 Å². The van der Waals surface area contributed by atoms with Gasteiger partial charge in [0.1, 0.15) is 0 Å². The standard InChI is InChI=1S/C27H48O6S2/c1-20(25(28)29)10-4-5-11-21-13-8-15-23(34(21)32)17-18-24-16-9-14-22(35(24)33)12-6-7-19-27(2,3)26(30)31/h20-24H,4-19H2,1-3H3,(H,28,29)(H,30,31). The van der Waals surface area contributed by atoms with E-state index in [4.69, 9.17) is 5.11 Å². The van der Waals surface area contributed by atoms with Crippen molar-refractivity contribution >= 4 is 33.5 Å². The molecular weight excluding hydrogens is 484 g/mol. The lowest BCUT2D eigenvalue weighted by Gasteiger charge is -2.32. The smallest absolute Gasteiger partial charge is 0.309 e. The van der Waals surface area contributed by atoms with Crippen molar-refractivity contribution in [3.63, 3.8) is 0 Å². The Balaban J connectivity index is 1.73. The maximum Gasteiger partial charge on any atom is 0.309 e. The fourth-order valence-electron chi connectivity index (χ4n) is 5.56. The number of unbranched alkanes of at least 4 members (excludes halogenated alkanes) is 2. The molecule has 0 aliphatic carbocycles. The average molecular weight is 533 g/mol. The summed E-state index contributed by atoms with van der Waals surface area (Å²) in [7, 11) is -1.70. The van der Waals surface area contributed by atoms with Crippen LogP contribution in [0.25, 0.3) is 0 Å². The molecule has 0 aromatic rings. The van der Waals surface area contributed by atoms with E-state index in [-0.39, 0.29) is 26.9 Å². The molecule has 0 spiro atoms. The third-order valence-corrected chi connectivity index (χ3v) is 12.7. The van der Waals surface area contributed by atoms with Crippen LogP contribution in [0.1, 0.15) is 124 Å². The zero-order valence-electron chi connectivity index (χ0n) is 22.0. The molecule has 35 heavy (non-hydrogen) atoms. The highest BCUT2D eigenvalue weighted by molar-refractivity contribution is 7.86. The van der Waals surface area contributed by atoms with Gasteiger partial charge in [-0.25, -0.2) is 0 Å². The van der Waals surface area contributed by atoms with E-state index < -0.39 is 39.0 Å². The fraction of sp³-hybridized carbons (Fsp3) is 0.926. The van der Waals surface area contributed by atoms with Gasteiger partial charge in [-0.05, 0) is 78.1 Å². The summed E-state index contributed by atoms with van der Waals surface area (Å²) in [6.45, 7) is 5.28. The third kappa shape index (κ3) is 9.90. The summed E-state index contributed by atoms with van der Waals surface area (Å²) in [4.78, 5) is 22.3. The number of rotatable bonds is 15. The fourth-order valence-corrected chi connectivity index (χ4v) is 9.78. The lowest BCUT2D eigenvalue weighted by Crippen LogP contribution is -2.35. The maximum absolute atomic E-state index is 13.2. The normalized spacial score (nSPS) is 30.6. The van der Waals surface area contributed by atoms with Gasteiger partial charge in [-0.15, -0.1) is 0 Å². The summed E-state index contributed by atoms with van der Waals surface area (Å²) in [6.07, 6.45) is 14.8. The van der Waals surface area contributed by atoms with Crippen molar-refractivity contribution in [2.75, 3.05) is 0 Å². The first-order chi connectivity index (χ1) is 16.5. The first kappa shape index (κ1) is 30.5. The summed E-state index contributed by atoms with van der Waals surface area (Å²) in [6, 6.07) is 0. The van der Waals surface area contributed by atoms with Crippen LogP contribution in [0.2, 0.25) is 0 Å². The van der Waals surface area contributed by atoms with E-state index in [1.807, 2.05) is 0 Å². The summed E-state index contributed by atoms with van der Waals surface area (Å²) in [5.74, 6) is -1.80. The Bertz CT molecular complexity index is 737. The van der Waals surface area contributed by atoms with Gasteiger partial charge in [-0.2, -0.15) is 0 Å². The zero-order valence-corrected chi connectivity index (χ0v) is 23.7. The molecule has 0 amide bonds. The summed E-state index contributed by atoms with van der Waals surface area (Å²) < 4.78 is 26.4. The van der Waals surface area contributed by atoms with E-state index in [9.17, 15) is 23.1 Å². The molecule has 7 unspecified atom stereocenters. The van der Waals surface area contributed by atoms with Crippen LogP contribution < -0.4 is 0 Å². The Morgan fingerprint density at radius 1 is 0.771 bits per heavy atom. The highest BCUT2D eigenvalue weighted by Crippen LogP contribution is 2.33. The second-order valence-electron chi connectivity index (χ2n) is 11.5. The monoisotopic (exact) mass is 532 g/mol. The molecule has 0 aromatic carbocycles. The molecule has 0 aromatic heterocycles. The van der Waals surface area contributed by atoms with Crippen LogP contribution in [-0.4, -0.2) is 51.6 Å². The zero-order chi connectivity index (χ0) is 26.0. The van der Waals surface area contributed by atoms with Gasteiger partial charge in [-0.3, -0.25) is 18.0 Å². The Morgan fingerprint density at radius 3 is 1.63 bits per heavy atom. The number of carboxylic acids is 2. The summed E-state index contributed by atoms with van der Waals surface area (Å²) >= 11 is 0. The molecule has 2 saturated heterocycles. The predicted octanol–water partition coefficient (Wildman–Crippen LogP) is 6.06. The minimum atomic E-state index is -0.851. The molecule has 2 fully saturated rings. The molecular formula is C27H48O6S2. The second kappa shape index (κ2) is 14.8. The molecule has 2 heterocycles.